The van der Waals surface area contributed by atoms with E-state index in [4.69, 9.17) is 4.74 Å². The predicted molar refractivity (Wildman–Crippen MR) is 93.2 cm³/mol. The van der Waals surface area contributed by atoms with E-state index in [1.807, 2.05) is 54.6 Å². The molecule has 0 aliphatic heterocycles. The van der Waals surface area contributed by atoms with Gasteiger partial charge in [-0.25, -0.2) is 4.79 Å². The van der Waals surface area contributed by atoms with Crippen molar-refractivity contribution < 1.29 is 19.4 Å². The summed E-state index contributed by atoms with van der Waals surface area (Å²) in [5.74, 6) is -0.519. The van der Waals surface area contributed by atoms with E-state index in [9.17, 15) is 14.7 Å². The zero-order valence-electron chi connectivity index (χ0n) is 13.9. The number of carboxylic acid groups (broad SMARTS) is 1. The van der Waals surface area contributed by atoms with Crippen LogP contribution in [0.2, 0.25) is 0 Å². The average Bonchev–Trinajstić information content (AvgIpc) is 3.46. The van der Waals surface area contributed by atoms with Gasteiger partial charge < -0.3 is 15.2 Å². The van der Waals surface area contributed by atoms with Crippen LogP contribution >= 0.6 is 0 Å². The summed E-state index contributed by atoms with van der Waals surface area (Å²) in [4.78, 5) is 23.3. The van der Waals surface area contributed by atoms with E-state index < -0.39 is 12.0 Å². The maximum Gasteiger partial charge on any atom is 0.326 e. The Bertz CT molecular complexity index is 740. The third-order valence-corrected chi connectivity index (χ3v) is 4.15. The fourth-order valence-electron chi connectivity index (χ4n) is 2.57. The maximum absolute atomic E-state index is 11.8. The minimum Gasteiger partial charge on any atom is -0.489 e. The van der Waals surface area contributed by atoms with Gasteiger partial charge in [-0.1, -0.05) is 42.5 Å². The molecule has 5 heteroatoms. The lowest BCUT2D eigenvalue weighted by atomic mass is 10.1. The van der Waals surface area contributed by atoms with Gasteiger partial charge in [0.25, 0.3) is 0 Å². The molecule has 0 heterocycles. The van der Waals surface area contributed by atoms with Crippen molar-refractivity contribution in [3.05, 3.63) is 65.7 Å². The molecule has 0 spiro atoms. The molecule has 1 aliphatic rings. The molecule has 1 saturated carbocycles. The average molecular weight is 339 g/mol. The molecule has 1 atom stereocenters. The SMILES string of the molecule is O=C(N[C@H](Cc1cccc(OCc2ccccc2)c1)C(=O)O)C1CC1. The molecule has 0 bridgehead atoms. The molecular weight excluding hydrogens is 318 g/mol. The Labute approximate surface area is 146 Å². The van der Waals surface area contributed by atoms with Gasteiger partial charge >= 0.3 is 5.97 Å². The van der Waals surface area contributed by atoms with Gasteiger partial charge in [-0.15, -0.1) is 0 Å². The molecule has 1 amide bonds. The highest BCUT2D eigenvalue weighted by molar-refractivity contribution is 5.86. The number of benzene rings is 2. The van der Waals surface area contributed by atoms with Crippen LogP contribution in [-0.4, -0.2) is 23.0 Å². The van der Waals surface area contributed by atoms with Gasteiger partial charge in [0, 0.05) is 12.3 Å². The summed E-state index contributed by atoms with van der Waals surface area (Å²) in [6.45, 7) is 0.449. The summed E-state index contributed by atoms with van der Waals surface area (Å²) >= 11 is 0. The second-order valence-corrected chi connectivity index (χ2v) is 6.30. The van der Waals surface area contributed by atoms with E-state index in [0.717, 1.165) is 24.0 Å². The second kappa shape index (κ2) is 7.83. The quantitative estimate of drug-likeness (QED) is 0.775. The first kappa shape index (κ1) is 17.0. The molecule has 0 saturated heterocycles. The van der Waals surface area contributed by atoms with Crippen molar-refractivity contribution in [2.75, 3.05) is 0 Å². The van der Waals surface area contributed by atoms with Crippen molar-refractivity contribution in [3.63, 3.8) is 0 Å². The molecule has 2 aromatic rings. The molecular formula is C20H21NO4. The largest absolute Gasteiger partial charge is 0.489 e. The standard InChI is InChI=1S/C20H21NO4/c22-19(16-9-10-16)21-18(20(23)24)12-15-7-4-8-17(11-15)25-13-14-5-2-1-3-6-14/h1-8,11,16,18H,9-10,12-13H2,(H,21,22)(H,23,24)/t18-/m1/s1. The zero-order chi connectivity index (χ0) is 17.6. The molecule has 5 nitrogen and oxygen atoms in total. The Morgan fingerprint density at radius 2 is 1.80 bits per heavy atom. The van der Waals surface area contributed by atoms with Gasteiger partial charge in [0.1, 0.15) is 18.4 Å². The highest BCUT2D eigenvalue weighted by Crippen LogP contribution is 2.29. The first-order valence-corrected chi connectivity index (χ1v) is 8.40. The molecule has 2 aromatic carbocycles. The fourth-order valence-corrected chi connectivity index (χ4v) is 2.57. The van der Waals surface area contributed by atoms with E-state index >= 15 is 0 Å². The van der Waals surface area contributed by atoms with Crippen LogP contribution in [0.25, 0.3) is 0 Å². The Hall–Kier alpha value is -2.82. The lowest BCUT2D eigenvalue weighted by molar-refractivity contribution is -0.142. The van der Waals surface area contributed by atoms with Gasteiger partial charge in [-0.05, 0) is 36.1 Å². The molecule has 1 fully saturated rings. The topological polar surface area (TPSA) is 75.6 Å². The van der Waals surface area contributed by atoms with Crippen LogP contribution in [0.5, 0.6) is 5.75 Å². The van der Waals surface area contributed by atoms with Crippen LogP contribution in [-0.2, 0) is 22.6 Å². The number of rotatable bonds is 8. The first-order chi connectivity index (χ1) is 12.1. The van der Waals surface area contributed by atoms with Crippen LogP contribution in [0.3, 0.4) is 0 Å². The molecule has 3 rings (SSSR count). The van der Waals surface area contributed by atoms with Gasteiger partial charge in [-0.3, -0.25) is 4.79 Å². The van der Waals surface area contributed by atoms with Gasteiger partial charge in [0.2, 0.25) is 5.91 Å². The Balaban J connectivity index is 1.61. The lowest BCUT2D eigenvalue weighted by Crippen LogP contribution is -2.43. The fraction of sp³-hybridized carbons (Fsp3) is 0.300. The van der Waals surface area contributed by atoms with Crippen molar-refractivity contribution >= 4 is 11.9 Å². The smallest absolute Gasteiger partial charge is 0.326 e. The molecule has 0 unspecified atom stereocenters. The van der Waals surface area contributed by atoms with Crippen molar-refractivity contribution in [1.82, 2.24) is 5.32 Å². The van der Waals surface area contributed by atoms with E-state index in [1.165, 1.54) is 0 Å². The summed E-state index contributed by atoms with van der Waals surface area (Å²) in [6, 6.07) is 16.2. The van der Waals surface area contributed by atoms with E-state index in [0.29, 0.717) is 12.4 Å². The number of carboxylic acids is 1. The summed E-state index contributed by atoms with van der Waals surface area (Å²) in [6.07, 6.45) is 1.93. The number of nitrogens with one attached hydrogen (secondary N) is 1. The van der Waals surface area contributed by atoms with Crippen LogP contribution in [0, 0.1) is 5.92 Å². The summed E-state index contributed by atoms with van der Waals surface area (Å²) < 4.78 is 5.77. The van der Waals surface area contributed by atoms with Crippen molar-refractivity contribution in [3.8, 4) is 5.75 Å². The second-order valence-electron chi connectivity index (χ2n) is 6.30. The monoisotopic (exact) mass is 339 g/mol. The van der Waals surface area contributed by atoms with E-state index in [-0.39, 0.29) is 18.2 Å². The summed E-state index contributed by atoms with van der Waals surface area (Å²) in [7, 11) is 0. The molecule has 25 heavy (non-hydrogen) atoms. The number of carbonyl (C=O) groups excluding carboxylic acids is 1. The minimum absolute atomic E-state index is 0.0117. The van der Waals surface area contributed by atoms with Crippen LogP contribution < -0.4 is 10.1 Å². The number of hydrogen-bond acceptors (Lipinski definition) is 3. The normalized spacial score (nSPS) is 14.6. The Kier molecular flexibility index (Phi) is 5.33. The van der Waals surface area contributed by atoms with Crippen molar-refractivity contribution in [2.45, 2.75) is 31.9 Å². The highest BCUT2D eigenvalue weighted by atomic mass is 16.5. The summed E-state index contributed by atoms with van der Waals surface area (Å²) in [5.41, 5.74) is 1.88. The number of ether oxygens (including phenoxy) is 1. The third-order valence-electron chi connectivity index (χ3n) is 4.15. The van der Waals surface area contributed by atoms with Crippen molar-refractivity contribution in [1.29, 1.82) is 0 Å². The number of hydrogen-bond donors (Lipinski definition) is 2. The Morgan fingerprint density at radius 3 is 2.48 bits per heavy atom. The number of aliphatic carboxylic acids is 1. The van der Waals surface area contributed by atoms with Gasteiger partial charge in [0.15, 0.2) is 0 Å². The van der Waals surface area contributed by atoms with E-state index in [1.54, 1.807) is 0 Å². The lowest BCUT2D eigenvalue weighted by Gasteiger charge is -2.15. The highest BCUT2D eigenvalue weighted by Gasteiger charge is 2.32. The van der Waals surface area contributed by atoms with Crippen LogP contribution in [0.1, 0.15) is 24.0 Å². The number of carbonyl (C=O) groups is 2. The molecule has 2 N–H and O–H groups in total. The molecule has 130 valence electrons. The van der Waals surface area contributed by atoms with Crippen LogP contribution in [0.15, 0.2) is 54.6 Å². The van der Waals surface area contributed by atoms with Crippen LogP contribution in [0.4, 0.5) is 0 Å². The number of amides is 1. The molecule has 0 radical (unpaired) electrons. The third kappa shape index (κ3) is 5.08. The molecule has 1 aliphatic carbocycles. The minimum atomic E-state index is -1.02. The van der Waals surface area contributed by atoms with E-state index in [2.05, 4.69) is 5.32 Å². The van der Waals surface area contributed by atoms with Crippen molar-refractivity contribution in [2.24, 2.45) is 5.92 Å². The zero-order valence-corrected chi connectivity index (χ0v) is 13.9. The maximum atomic E-state index is 11.8. The predicted octanol–water partition coefficient (Wildman–Crippen LogP) is 2.79. The first-order valence-electron chi connectivity index (χ1n) is 8.40. The Morgan fingerprint density at radius 1 is 1.08 bits per heavy atom. The molecule has 0 aromatic heterocycles. The summed E-state index contributed by atoms with van der Waals surface area (Å²) in [5, 5.41) is 12.0. The van der Waals surface area contributed by atoms with Gasteiger partial charge in [-0.2, -0.15) is 0 Å². The van der Waals surface area contributed by atoms with Gasteiger partial charge in [0.05, 0.1) is 0 Å².